The van der Waals surface area contributed by atoms with E-state index in [2.05, 4.69) is 137 Å². The van der Waals surface area contributed by atoms with Gasteiger partial charge in [0, 0.05) is 8.07 Å². The highest BCUT2D eigenvalue weighted by Crippen LogP contribution is 2.33. The van der Waals surface area contributed by atoms with Crippen LogP contribution in [0.4, 0.5) is 0 Å². The summed E-state index contributed by atoms with van der Waals surface area (Å²) in [5.74, 6) is 0. The van der Waals surface area contributed by atoms with Crippen LogP contribution in [0.25, 0.3) is 0 Å². The molecule has 0 saturated carbocycles. The van der Waals surface area contributed by atoms with Gasteiger partial charge in [-0.2, -0.15) is 0 Å². The molecule has 0 saturated heterocycles. The lowest BCUT2D eigenvalue weighted by Crippen LogP contribution is -2.55. The summed E-state index contributed by atoms with van der Waals surface area (Å²) in [5.41, 5.74) is 0. The molecule has 0 bridgehead atoms. The molecule has 43 heavy (non-hydrogen) atoms. The molecular formula is C27H76O6Si10. The van der Waals surface area contributed by atoms with Crippen LogP contribution in [-0.2, 0) is 24.7 Å². The van der Waals surface area contributed by atoms with E-state index in [0.717, 1.165) is 24.2 Å². The summed E-state index contributed by atoms with van der Waals surface area (Å²) in [6, 6.07) is 7.06. The Balaban J connectivity index is 5.14. The van der Waals surface area contributed by atoms with Gasteiger partial charge < -0.3 is 24.7 Å². The van der Waals surface area contributed by atoms with E-state index in [1.165, 1.54) is 12.1 Å². The third-order valence-corrected chi connectivity index (χ3v) is 42.8. The second kappa shape index (κ2) is 16.1. The molecular weight excluding hydrogens is 701 g/mol. The monoisotopic (exact) mass is 776 g/mol. The smallest absolute Gasteiger partial charge is 0.311 e. The molecule has 0 atom stereocenters. The lowest BCUT2D eigenvalue weighted by molar-refractivity contribution is 0.381. The van der Waals surface area contributed by atoms with E-state index >= 15 is 0 Å². The van der Waals surface area contributed by atoms with Crippen molar-refractivity contribution < 1.29 is 24.7 Å². The van der Waals surface area contributed by atoms with Crippen molar-refractivity contribution in [2.45, 2.75) is 174 Å². The van der Waals surface area contributed by atoms with E-state index < -0.39 is 84.4 Å². The van der Waals surface area contributed by atoms with Crippen LogP contribution in [0.2, 0.25) is 174 Å². The third kappa shape index (κ3) is 23.0. The normalized spacial score (nSPS) is 15.5. The summed E-state index contributed by atoms with van der Waals surface area (Å²) in [7, 11) is -18.0. The predicted octanol–water partition coefficient (Wildman–Crippen LogP) is 10.5. The molecule has 260 valence electrons. The summed E-state index contributed by atoms with van der Waals surface area (Å²) in [6.07, 6.45) is 0. The third-order valence-electron chi connectivity index (χ3n) is 7.27. The van der Waals surface area contributed by atoms with Gasteiger partial charge in [-0.15, -0.1) is 0 Å². The molecule has 6 nitrogen and oxygen atoms in total. The number of hydrogen-bond acceptors (Lipinski definition) is 6. The maximum absolute atomic E-state index is 7.01. The van der Waals surface area contributed by atoms with Crippen LogP contribution in [0.5, 0.6) is 0 Å². The van der Waals surface area contributed by atoms with Crippen molar-refractivity contribution >= 4 is 84.4 Å². The fraction of sp³-hybridized carbons (Fsp3) is 1.00. The summed E-state index contributed by atoms with van der Waals surface area (Å²) < 4.78 is 40.9. The molecule has 0 N–H and O–H groups in total. The second-order valence-corrected chi connectivity index (χ2v) is 60.0. The fourth-order valence-electron chi connectivity index (χ4n) is 6.10. The van der Waals surface area contributed by atoms with Gasteiger partial charge in [-0.1, -0.05) is 25.7 Å². The highest BCUT2D eigenvalue weighted by atomic mass is 28.5. The molecule has 0 spiro atoms. The molecule has 0 aromatic carbocycles. The Labute approximate surface area is 281 Å². The first kappa shape index (κ1) is 44.9. The van der Waals surface area contributed by atoms with Gasteiger partial charge in [0.05, 0.1) is 0 Å². The van der Waals surface area contributed by atoms with Crippen LogP contribution in [0.1, 0.15) is 0 Å². The Morgan fingerprint density at radius 1 is 0.326 bits per heavy atom. The molecule has 0 aromatic heterocycles. The minimum absolute atomic E-state index is 1.07. The molecule has 0 radical (unpaired) electrons. The maximum Gasteiger partial charge on any atom is 0.311 e. The van der Waals surface area contributed by atoms with E-state index in [-0.39, 0.29) is 0 Å². The van der Waals surface area contributed by atoms with E-state index in [1.807, 2.05) is 0 Å². The van der Waals surface area contributed by atoms with Crippen LogP contribution in [0.15, 0.2) is 0 Å². The average molecular weight is 778 g/mol. The van der Waals surface area contributed by atoms with Crippen LogP contribution < -0.4 is 0 Å². The molecule has 0 unspecified atom stereocenters. The molecule has 0 fully saturated rings. The van der Waals surface area contributed by atoms with Crippen LogP contribution in [0, 0.1) is 0 Å². The van der Waals surface area contributed by atoms with E-state index in [0.29, 0.717) is 0 Å². The fourth-order valence-corrected chi connectivity index (χ4v) is 56.0. The molecule has 0 aliphatic heterocycles. The van der Waals surface area contributed by atoms with Gasteiger partial charge in [-0.25, -0.2) is 0 Å². The zero-order valence-electron chi connectivity index (χ0n) is 32.8. The first-order valence-corrected chi connectivity index (χ1v) is 47.3. The van der Waals surface area contributed by atoms with Crippen molar-refractivity contribution in [2.75, 3.05) is 0 Å². The summed E-state index contributed by atoms with van der Waals surface area (Å²) in [5, 5.41) is 0. The first-order valence-electron chi connectivity index (χ1n) is 16.8. The Kier molecular flexibility index (Phi) is 16.8. The zero-order chi connectivity index (χ0) is 34.6. The lowest BCUT2D eigenvalue weighted by Gasteiger charge is -2.42. The van der Waals surface area contributed by atoms with Gasteiger partial charge in [0.2, 0.25) is 0 Å². The number of rotatable bonds is 21. The van der Waals surface area contributed by atoms with Gasteiger partial charge in [-0.3, -0.25) is 0 Å². The van der Waals surface area contributed by atoms with Crippen molar-refractivity contribution in [2.24, 2.45) is 0 Å². The van der Waals surface area contributed by atoms with Gasteiger partial charge in [0.25, 0.3) is 0 Å². The average Bonchev–Trinajstić information content (AvgIpc) is 2.64. The lowest BCUT2D eigenvalue weighted by atomic mass is 10.9. The summed E-state index contributed by atoms with van der Waals surface area (Å²) in [4.78, 5) is 0. The van der Waals surface area contributed by atoms with Crippen molar-refractivity contribution in [1.82, 2.24) is 0 Å². The van der Waals surface area contributed by atoms with Crippen molar-refractivity contribution in [1.29, 1.82) is 0 Å². The molecule has 0 aliphatic rings. The Bertz CT molecular complexity index is 856. The topological polar surface area (TPSA) is 55.4 Å². The second-order valence-electron chi connectivity index (χ2n) is 18.7. The van der Waals surface area contributed by atoms with E-state index in [4.69, 9.17) is 24.7 Å². The predicted molar refractivity (Wildman–Crippen MR) is 217 cm³/mol. The quantitative estimate of drug-likeness (QED) is 0.108. The SMILES string of the molecule is C[SiH](C)O[Si](C)(C)O[Si](C)(C)CC[Si](C)(C)O[Si](C)(C)O[Si](C)(C)CC[Si](C)(C)O[Si](C)(C)O[Si](C)(C)CC[Si](C)(C)C. The number of hydrogen-bond donors (Lipinski definition) is 0. The van der Waals surface area contributed by atoms with E-state index in [1.54, 1.807) is 0 Å². The van der Waals surface area contributed by atoms with Crippen LogP contribution in [0.3, 0.4) is 0 Å². The van der Waals surface area contributed by atoms with Crippen molar-refractivity contribution in [3.05, 3.63) is 0 Å². The van der Waals surface area contributed by atoms with Crippen molar-refractivity contribution in [3.63, 3.8) is 0 Å². The molecule has 0 amide bonds. The maximum atomic E-state index is 7.01. The summed E-state index contributed by atoms with van der Waals surface area (Å²) >= 11 is 0. The van der Waals surface area contributed by atoms with Crippen LogP contribution >= 0.6 is 0 Å². The molecule has 0 aliphatic carbocycles. The van der Waals surface area contributed by atoms with Gasteiger partial charge >= 0.3 is 25.7 Å². The zero-order valence-corrected chi connectivity index (χ0v) is 42.9. The van der Waals surface area contributed by atoms with Gasteiger partial charge in [-0.05, 0) is 148 Å². The standard InChI is InChI=1S/C27H76O6Si10/c1-34(2)28-41(16,17)29-37(8,9)24-25-38(10,11)32-43(20,21)33-40(14,15)27-26-39(12,13)31-42(18,19)30-36(6,7)23-22-35(3,4)5/h34H,22-27H2,1-21H3. The van der Waals surface area contributed by atoms with Crippen LogP contribution in [-0.4, -0.2) is 84.4 Å². The molecule has 16 heteroatoms. The Morgan fingerprint density at radius 3 is 0.744 bits per heavy atom. The van der Waals surface area contributed by atoms with Gasteiger partial charge in [0.15, 0.2) is 50.6 Å². The Hall–Kier alpha value is 1.93. The van der Waals surface area contributed by atoms with Crippen molar-refractivity contribution in [3.8, 4) is 0 Å². The highest BCUT2D eigenvalue weighted by molar-refractivity contribution is 6.91. The first-order chi connectivity index (χ1) is 18.6. The highest BCUT2D eigenvalue weighted by Gasteiger charge is 2.44. The molecule has 0 heterocycles. The molecule has 0 rings (SSSR count). The minimum Gasteiger partial charge on any atom is -0.440 e. The molecule has 0 aromatic rings. The largest absolute Gasteiger partial charge is 0.440 e. The Morgan fingerprint density at radius 2 is 0.535 bits per heavy atom. The van der Waals surface area contributed by atoms with Gasteiger partial charge in [0.1, 0.15) is 0 Å². The summed E-state index contributed by atoms with van der Waals surface area (Å²) in [6.45, 7) is 49.1. The van der Waals surface area contributed by atoms with E-state index in [9.17, 15) is 0 Å². The minimum atomic E-state index is -2.28.